The molecule has 0 radical (unpaired) electrons. The molecular weight excluding hydrogens is 286 g/mol. The Kier molecular flexibility index (Phi) is 6.79. The summed E-state index contributed by atoms with van der Waals surface area (Å²) in [6.07, 6.45) is 10.8. The molecule has 2 rings (SSSR count). The van der Waals surface area contributed by atoms with Crippen LogP contribution in [0.4, 0.5) is 0 Å². The van der Waals surface area contributed by atoms with Crippen molar-refractivity contribution in [3.63, 3.8) is 0 Å². The fourth-order valence-corrected chi connectivity index (χ4v) is 2.64. The van der Waals surface area contributed by atoms with Crippen molar-refractivity contribution in [2.45, 2.75) is 51.9 Å². The van der Waals surface area contributed by atoms with Gasteiger partial charge in [-0.3, -0.25) is 4.98 Å². The zero-order chi connectivity index (χ0) is 16.5. The molecule has 0 aliphatic carbocycles. The molecule has 0 saturated carbocycles. The van der Waals surface area contributed by atoms with Crippen LogP contribution in [0, 0.1) is 0 Å². The van der Waals surface area contributed by atoms with Crippen LogP contribution in [0.15, 0.2) is 42.6 Å². The van der Waals surface area contributed by atoms with E-state index in [0.29, 0.717) is 5.56 Å². The molecule has 122 valence electrons. The number of pyridine rings is 1. The molecule has 0 fully saturated rings. The maximum Gasteiger partial charge on any atom is 0.335 e. The largest absolute Gasteiger partial charge is 0.478 e. The van der Waals surface area contributed by atoms with E-state index in [1.807, 2.05) is 12.3 Å². The lowest BCUT2D eigenvalue weighted by Gasteiger charge is -2.05. The Balaban J connectivity index is 1.85. The van der Waals surface area contributed by atoms with Gasteiger partial charge in [-0.2, -0.15) is 0 Å². The van der Waals surface area contributed by atoms with Gasteiger partial charge >= 0.3 is 5.97 Å². The highest BCUT2D eigenvalue weighted by Gasteiger charge is 2.04. The fraction of sp³-hybridized carbons (Fsp3) is 0.400. The van der Waals surface area contributed by atoms with Crippen molar-refractivity contribution in [1.82, 2.24) is 4.98 Å². The summed E-state index contributed by atoms with van der Waals surface area (Å²) in [6, 6.07) is 11.0. The Hall–Kier alpha value is -2.16. The summed E-state index contributed by atoms with van der Waals surface area (Å²) in [5, 5.41) is 8.92. The molecule has 23 heavy (non-hydrogen) atoms. The highest BCUT2D eigenvalue weighted by Crippen LogP contribution is 2.18. The maximum absolute atomic E-state index is 10.9. The topological polar surface area (TPSA) is 50.2 Å². The van der Waals surface area contributed by atoms with Crippen molar-refractivity contribution in [3.8, 4) is 11.3 Å². The van der Waals surface area contributed by atoms with Crippen molar-refractivity contribution in [3.05, 3.63) is 53.7 Å². The van der Waals surface area contributed by atoms with Crippen LogP contribution in [0.1, 0.15) is 61.4 Å². The standard InChI is InChI=1S/C20H25NO2/c1-2-3-4-5-6-7-8-16-9-14-19(21-15-16)17-10-12-18(13-11-17)20(22)23/h9-15H,2-8H2,1H3,(H,22,23). The first-order valence-electron chi connectivity index (χ1n) is 8.49. The van der Waals surface area contributed by atoms with Crippen molar-refractivity contribution < 1.29 is 9.90 Å². The molecule has 1 N–H and O–H groups in total. The number of carboxylic acid groups (broad SMARTS) is 1. The van der Waals surface area contributed by atoms with Gasteiger partial charge < -0.3 is 5.11 Å². The fourth-order valence-electron chi connectivity index (χ4n) is 2.64. The summed E-state index contributed by atoms with van der Waals surface area (Å²) in [7, 11) is 0. The number of unbranched alkanes of at least 4 members (excludes halogenated alkanes) is 5. The second kappa shape index (κ2) is 9.09. The van der Waals surface area contributed by atoms with Crippen LogP contribution in [-0.2, 0) is 6.42 Å². The van der Waals surface area contributed by atoms with E-state index in [9.17, 15) is 4.79 Å². The molecule has 3 nitrogen and oxygen atoms in total. The zero-order valence-electron chi connectivity index (χ0n) is 13.8. The summed E-state index contributed by atoms with van der Waals surface area (Å²) in [4.78, 5) is 15.4. The third-order valence-electron chi connectivity index (χ3n) is 4.07. The number of rotatable bonds is 9. The lowest BCUT2D eigenvalue weighted by atomic mass is 10.0. The third kappa shape index (κ3) is 5.51. The molecule has 1 heterocycles. The molecule has 1 aromatic carbocycles. The molecule has 3 heteroatoms. The van der Waals surface area contributed by atoms with Gasteiger partial charge in [0.2, 0.25) is 0 Å². The molecule has 0 unspecified atom stereocenters. The summed E-state index contributed by atoms with van der Waals surface area (Å²) in [5.41, 5.74) is 3.40. The van der Waals surface area contributed by atoms with Gasteiger partial charge in [-0.25, -0.2) is 4.79 Å². The first-order chi connectivity index (χ1) is 11.2. The number of carboxylic acids is 1. The van der Waals surface area contributed by atoms with E-state index >= 15 is 0 Å². The molecule has 2 aromatic rings. The highest BCUT2D eigenvalue weighted by molar-refractivity contribution is 5.88. The highest BCUT2D eigenvalue weighted by atomic mass is 16.4. The second-order valence-corrected chi connectivity index (χ2v) is 5.95. The van der Waals surface area contributed by atoms with Crippen molar-refractivity contribution in [2.75, 3.05) is 0 Å². The number of carbonyl (C=O) groups is 1. The predicted octanol–water partition coefficient (Wildman–Crippen LogP) is 5.35. The molecule has 0 bridgehead atoms. The van der Waals surface area contributed by atoms with E-state index in [-0.39, 0.29) is 0 Å². The van der Waals surface area contributed by atoms with Gasteiger partial charge in [-0.1, -0.05) is 57.2 Å². The van der Waals surface area contributed by atoms with Gasteiger partial charge in [0, 0.05) is 11.8 Å². The smallest absolute Gasteiger partial charge is 0.335 e. The summed E-state index contributed by atoms with van der Waals surface area (Å²) in [6.45, 7) is 2.24. The molecule has 0 saturated heterocycles. The minimum absolute atomic E-state index is 0.299. The lowest BCUT2D eigenvalue weighted by molar-refractivity contribution is 0.0697. The number of hydrogen-bond donors (Lipinski definition) is 1. The minimum atomic E-state index is -0.904. The number of hydrogen-bond acceptors (Lipinski definition) is 2. The van der Waals surface area contributed by atoms with Gasteiger partial charge in [0.1, 0.15) is 0 Å². The van der Waals surface area contributed by atoms with Crippen LogP contribution in [-0.4, -0.2) is 16.1 Å². The van der Waals surface area contributed by atoms with Gasteiger partial charge in [0.05, 0.1) is 11.3 Å². The van der Waals surface area contributed by atoms with Crippen molar-refractivity contribution in [2.24, 2.45) is 0 Å². The molecular formula is C20H25NO2. The Morgan fingerprint density at radius 3 is 2.26 bits per heavy atom. The van der Waals surface area contributed by atoms with E-state index in [1.54, 1.807) is 24.3 Å². The van der Waals surface area contributed by atoms with Gasteiger partial charge in [0.25, 0.3) is 0 Å². The van der Waals surface area contributed by atoms with Crippen LogP contribution >= 0.6 is 0 Å². The number of aromatic carboxylic acids is 1. The van der Waals surface area contributed by atoms with Crippen LogP contribution in [0.5, 0.6) is 0 Å². The Bertz CT molecular complexity index is 603. The van der Waals surface area contributed by atoms with Crippen LogP contribution in [0.25, 0.3) is 11.3 Å². The summed E-state index contributed by atoms with van der Waals surface area (Å²) < 4.78 is 0. The number of nitrogens with zero attached hydrogens (tertiary/aromatic N) is 1. The molecule has 0 spiro atoms. The Morgan fingerprint density at radius 1 is 0.957 bits per heavy atom. The predicted molar refractivity (Wildman–Crippen MR) is 93.7 cm³/mol. The van der Waals surface area contributed by atoms with E-state index in [4.69, 9.17) is 5.11 Å². The average Bonchev–Trinajstić information content (AvgIpc) is 2.58. The lowest BCUT2D eigenvalue weighted by Crippen LogP contribution is -1.95. The third-order valence-corrected chi connectivity index (χ3v) is 4.07. The average molecular weight is 311 g/mol. The maximum atomic E-state index is 10.9. The van der Waals surface area contributed by atoms with E-state index < -0.39 is 5.97 Å². The van der Waals surface area contributed by atoms with E-state index in [1.165, 1.54) is 44.1 Å². The summed E-state index contributed by atoms with van der Waals surface area (Å²) in [5.74, 6) is -0.904. The molecule has 1 aromatic heterocycles. The Labute approximate surface area is 138 Å². The number of aryl methyl sites for hydroxylation is 1. The summed E-state index contributed by atoms with van der Waals surface area (Å²) >= 11 is 0. The molecule has 0 aliphatic heterocycles. The van der Waals surface area contributed by atoms with Crippen molar-refractivity contribution >= 4 is 5.97 Å². The Morgan fingerprint density at radius 2 is 1.65 bits per heavy atom. The van der Waals surface area contributed by atoms with Crippen molar-refractivity contribution in [1.29, 1.82) is 0 Å². The second-order valence-electron chi connectivity index (χ2n) is 5.95. The number of benzene rings is 1. The van der Waals surface area contributed by atoms with Gasteiger partial charge in [-0.05, 0) is 36.6 Å². The molecule has 0 atom stereocenters. The quantitative estimate of drug-likeness (QED) is 0.635. The van der Waals surface area contributed by atoms with E-state index in [0.717, 1.165) is 17.7 Å². The first kappa shape index (κ1) is 17.2. The van der Waals surface area contributed by atoms with Gasteiger partial charge in [-0.15, -0.1) is 0 Å². The van der Waals surface area contributed by atoms with Crippen LogP contribution < -0.4 is 0 Å². The minimum Gasteiger partial charge on any atom is -0.478 e. The monoisotopic (exact) mass is 311 g/mol. The normalized spacial score (nSPS) is 10.7. The van der Waals surface area contributed by atoms with Gasteiger partial charge in [0.15, 0.2) is 0 Å². The van der Waals surface area contributed by atoms with Crippen LogP contribution in [0.2, 0.25) is 0 Å². The van der Waals surface area contributed by atoms with Crippen LogP contribution in [0.3, 0.4) is 0 Å². The van der Waals surface area contributed by atoms with E-state index in [2.05, 4.69) is 18.0 Å². The SMILES string of the molecule is CCCCCCCCc1ccc(-c2ccc(C(=O)O)cc2)nc1. The first-order valence-corrected chi connectivity index (χ1v) is 8.49. The zero-order valence-corrected chi connectivity index (χ0v) is 13.8. The molecule has 0 aliphatic rings. The molecule has 0 amide bonds. The number of aromatic nitrogens is 1.